The van der Waals surface area contributed by atoms with Crippen LogP contribution in [0.15, 0.2) is 12.1 Å². The maximum atomic E-state index is 13.9. The first-order valence-electron chi connectivity index (χ1n) is 8.00. The van der Waals surface area contributed by atoms with Crippen molar-refractivity contribution in [3.8, 4) is 0 Å². The highest BCUT2D eigenvalue weighted by Crippen LogP contribution is 2.20. The Morgan fingerprint density at radius 3 is 2.60 bits per heavy atom. The van der Waals surface area contributed by atoms with E-state index in [2.05, 4.69) is 5.32 Å². The Morgan fingerprint density at radius 1 is 1.28 bits per heavy atom. The molecule has 0 aromatic heterocycles. The molecule has 5 nitrogen and oxygen atoms in total. The first-order valence-corrected chi connectivity index (χ1v) is 9.08. The van der Waals surface area contributed by atoms with Crippen LogP contribution in [0, 0.1) is 15.2 Å². The second-order valence-corrected chi connectivity index (χ2v) is 8.14. The number of nitrogens with one attached hydrogen (secondary N) is 1. The molecular weight excluding hydrogens is 445 g/mol. The van der Waals surface area contributed by atoms with E-state index < -0.39 is 29.2 Å². The van der Waals surface area contributed by atoms with Crippen molar-refractivity contribution in [2.24, 2.45) is 0 Å². The van der Waals surface area contributed by atoms with E-state index in [9.17, 15) is 18.4 Å². The average molecular weight is 466 g/mol. The van der Waals surface area contributed by atoms with Crippen molar-refractivity contribution in [2.75, 3.05) is 13.1 Å². The molecule has 1 aliphatic rings. The van der Waals surface area contributed by atoms with Crippen molar-refractivity contribution in [1.82, 2.24) is 10.2 Å². The predicted octanol–water partition coefficient (Wildman–Crippen LogP) is 3.70. The van der Waals surface area contributed by atoms with E-state index in [4.69, 9.17) is 4.74 Å². The Balaban J connectivity index is 2.04. The number of alkyl carbamates (subject to hydrolysis) is 1. The molecule has 8 heteroatoms. The number of benzene rings is 1. The molecule has 1 atom stereocenters. The number of likely N-dealkylation sites (tertiary alicyclic amines) is 1. The summed E-state index contributed by atoms with van der Waals surface area (Å²) in [5, 5.41) is 2.74. The SMILES string of the molecule is CC(C)(C)OC(=O)N[C@H]1CCCN(C(=O)c2cc(I)c(F)cc2F)C1. The minimum Gasteiger partial charge on any atom is -0.444 e. The van der Waals surface area contributed by atoms with Gasteiger partial charge in [0.25, 0.3) is 5.91 Å². The van der Waals surface area contributed by atoms with E-state index >= 15 is 0 Å². The van der Waals surface area contributed by atoms with Crippen LogP contribution in [-0.4, -0.2) is 41.6 Å². The molecule has 2 amide bonds. The maximum Gasteiger partial charge on any atom is 0.407 e. The number of halogens is 3. The van der Waals surface area contributed by atoms with Gasteiger partial charge in [-0.3, -0.25) is 4.79 Å². The second kappa shape index (κ2) is 7.84. The number of carbonyl (C=O) groups excluding carboxylic acids is 2. The molecule has 0 unspecified atom stereocenters. The third-order valence-corrected chi connectivity index (χ3v) is 4.50. The van der Waals surface area contributed by atoms with Crippen LogP contribution in [0.2, 0.25) is 0 Å². The molecule has 0 radical (unpaired) electrons. The third-order valence-electron chi connectivity index (χ3n) is 3.67. The molecule has 1 fully saturated rings. The summed E-state index contributed by atoms with van der Waals surface area (Å²) in [5.41, 5.74) is -0.772. The number of amides is 2. The summed E-state index contributed by atoms with van der Waals surface area (Å²) in [6.07, 6.45) is 0.827. The van der Waals surface area contributed by atoms with Crippen LogP contribution in [0.1, 0.15) is 44.0 Å². The van der Waals surface area contributed by atoms with Gasteiger partial charge in [-0.25, -0.2) is 13.6 Å². The van der Waals surface area contributed by atoms with Crippen LogP contribution in [0.25, 0.3) is 0 Å². The van der Waals surface area contributed by atoms with Gasteiger partial charge >= 0.3 is 6.09 Å². The number of rotatable bonds is 2. The summed E-state index contributed by atoms with van der Waals surface area (Å²) in [6.45, 7) is 6.01. The van der Waals surface area contributed by atoms with E-state index in [0.717, 1.165) is 6.07 Å². The first-order chi connectivity index (χ1) is 11.6. The van der Waals surface area contributed by atoms with Gasteiger partial charge in [-0.15, -0.1) is 0 Å². The Kier molecular flexibility index (Phi) is 6.23. The fourth-order valence-corrected chi connectivity index (χ4v) is 3.08. The third kappa shape index (κ3) is 5.52. The zero-order valence-corrected chi connectivity index (χ0v) is 16.5. The van der Waals surface area contributed by atoms with E-state index in [1.54, 1.807) is 43.4 Å². The largest absolute Gasteiger partial charge is 0.444 e. The first kappa shape index (κ1) is 19.9. The fourth-order valence-electron chi connectivity index (χ4n) is 2.61. The lowest BCUT2D eigenvalue weighted by Gasteiger charge is -2.33. The summed E-state index contributed by atoms with van der Waals surface area (Å²) < 4.78 is 32.7. The Labute approximate surface area is 159 Å². The molecule has 0 spiro atoms. The molecule has 1 aliphatic heterocycles. The molecule has 25 heavy (non-hydrogen) atoms. The van der Waals surface area contributed by atoms with E-state index in [1.807, 2.05) is 0 Å². The van der Waals surface area contributed by atoms with Gasteiger partial charge in [0.1, 0.15) is 17.2 Å². The Hall–Kier alpha value is -1.45. The summed E-state index contributed by atoms with van der Waals surface area (Å²) in [7, 11) is 0. The molecule has 1 heterocycles. The number of piperidine rings is 1. The lowest BCUT2D eigenvalue weighted by atomic mass is 10.0. The lowest BCUT2D eigenvalue weighted by molar-refractivity contribution is 0.0451. The molecule has 0 saturated carbocycles. The van der Waals surface area contributed by atoms with E-state index in [0.29, 0.717) is 19.4 Å². The van der Waals surface area contributed by atoms with Crippen LogP contribution in [0.4, 0.5) is 13.6 Å². The maximum absolute atomic E-state index is 13.9. The van der Waals surface area contributed by atoms with Crippen LogP contribution in [0.3, 0.4) is 0 Å². The molecule has 0 aliphatic carbocycles. The second-order valence-electron chi connectivity index (χ2n) is 6.98. The predicted molar refractivity (Wildman–Crippen MR) is 97.4 cm³/mol. The summed E-state index contributed by atoms with van der Waals surface area (Å²) in [5.74, 6) is -2.09. The minimum absolute atomic E-state index is 0.163. The van der Waals surface area contributed by atoms with Crippen molar-refractivity contribution < 1.29 is 23.1 Å². The molecule has 1 saturated heterocycles. The van der Waals surface area contributed by atoms with Gasteiger partial charge in [0.2, 0.25) is 0 Å². The van der Waals surface area contributed by atoms with Gasteiger partial charge in [-0.05, 0) is 62.3 Å². The number of nitrogens with zero attached hydrogens (tertiary/aromatic N) is 1. The molecule has 1 aromatic carbocycles. The summed E-state index contributed by atoms with van der Waals surface area (Å²) >= 11 is 1.72. The molecule has 2 rings (SSSR count). The fraction of sp³-hybridized carbons (Fsp3) is 0.529. The van der Waals surface area contributed by atoms with Gasteiger partial charge in [0.05, 0.1) is 5.56 Å². The quantitative estimate of drug-likeness (QED) is 0.535. The van der Waals surface area contributed by atoms with Crippen LogP contribution in [-0.2, 0) is 4.74 Å². The molecule has 138 valence electrons. The van der Waals surface area contributed by atoms with Gasteiger partial charge in [0.15, 0.2) is 0 Å². The van der Waals surface area contributed by atoms with Crippen molar-refractivity contribution in [3.63, 3.8) is 0 Å². The number of hydrogen-bond donors (Lipinski definition) is 1. The monoisotopic (exact) mass is 466 g/mol. The Bertz CT molecular complexity index is 677. The van der Waals surface area contributed by atoms with Gasteiger partial charge in [0, 0.05) is 28.8 Å². The normalized spacial score (nSPS) is 18.0. The summed E-state index contributed by atoms with van der Waals surface area (Å²) in [4.78, 5) is 25.9. The van der Waals surface area contributed by atoms with Crippen molar-refractivity contribution >= 4 is 34.6 Å². The average Bonchev–Trinajstić information content (AvgIpc) is 2.48. The zero-order chi connectivity index (χ0) is 18.8. The number of carbonyl (C=O) groups is 2. The van der Waals surface area contributed by atoms with Crippen LogP contribution in [0.5, 0.6) is 0 Å². The smallest absolute Gasteiger partial charge is 0.407 e. The van der Waals surface area contributed by atoms with E-state index in [-0.39, 0.29) is 21.7 Å². The van der Waals surface area contributed by atoms with Crippen molar-refractivity contribution in [3.05, 3.63) is 32.9 Å². The molecule has 0 bridgehead atoms. The van der Waals surface area contributed by atoms with Crippen molar-refractivity contribution in [2.45, 2.75) is 45.3 Å². The minimum atomic E-state index is -0.884. The van der Waals surface area contributed by atoms with Gasteiger partial charge < -0.3 is 15.0 Å². The van der Waals surface area contributed by atoms with Crippen LogP contribution < -0.4 is 5.32 Å². The lowest BCUT2D eigenvalue weighted by Crippen LogP contribution is -2.50. The van der Waals surface area contributed by atoms with Gasteiger partial charge in [-0.2, -0.15) is 0 Å². The highest BCUT2D eigenvalue weighted by molar-refractivity contribution is 14.1. The summed E-state index contributed by atoms with van der Waals surface area (Å²) in [6, 6.07) is 1.66. The number of ether oxygens (including phenoxy) is 1. The topological polar surface area (TPSA) is 58.6 Å². The van der Waals surface area contributed by atoms with Gasteiger partial charge in [-0.1, -0.05) is 0 Å². The zero-order valence-electron chi connectivity index (χ0n) is 14.4. The highest BCUT2D eigenvalue weighted by atomic mass is 127. The standard InChI is InChI=1S/C17H21F2IN2O3/c1-17(2,3)25-16(24)21-10-5-4-6-22(9-10)15(23)11-7-14(20)13(19)8-12(11)18/h7-8,10H,4-6,9H2,1-3H3,(H,21,24)/t10-/m0/s1. The van der Waals surface area contributed by atoms with E-state index in [1.165, 1.54) is 11.0 Å². The number of hydrogen-bond acceptors (Lipinski definition) is 3. The van der Waals surface area contributed by atoms with Crippen LogP contribution >= 0.6 is 22.6 Å². The Morgan fingerprint density at radius 2 is 1.96 bits per heavy atom. The molecule has 1 N–H and O–H groups in total. The van der Waals surface area contributed by atoms with Crippen molar-refractivity contribution in [1.29, 1.82) is 0 Å². The highest BCUT2D eigenvalue weighted by Gasteiger charge is 2.28. The molecule has 1 aromatic rings. The molecular formula is C17H21F2IN2O3.